The van der Waals surface area contributed by atoms with Gasteiger partial charge in [0.15, 0.2) is 0 Å². The highest BCUT2D eigenvalue weighted by atomic mass is 16.3. The molecule has 1 N–H and O–H groups in total. The van der Waals surface area contributed by atoms with Gasteiger partial charge in [-0.2, -0.15) is 0 Å². The molecule has 0 aromatic heterocycles. The van der Waals surface area contributed by atoms with Gasteiger partial charge in [-0.05, 0) is 25.2 Å². The van der Waals surface area contributed by atoms with E-state index in [1.54, 1.807) is 0 Å². The number of piperidine rings is 1. The first-order valence-electron chi connectivity index (χ1n) is 6.30. The molecular weight excluding hydrogens is 204 g/mol. The Balaban J connectivity index is 1.98. The molecule has 0 aromatic carbocycles. The minimum atomic E-state index is -0.171. The van der Waals surface area contributed by atoms with Gasteiger partial charge in [-0.1, -0.05) is 6.92 Å². The minimum absolute atomic E-state index is 0.0755. The summed E-state index contributed by atoms with van der Waals surface area (Å²) in [6, 6.07) is 0.0755. The second kappa shape index (κ2) is 4.72. The maximum absolute atomic E-state index is 11.9. The third kappa shape index (κ3) is 2.09. The van der Waals surface area contributed by atoms with Crippen molar-refractivity contribution in [3.63, 3.8) is 0 Å². The van der Waals surface area contributed by atoms with Gasteiger partial charge in [0, 0.05) is 26.7 Å². The Labute approximate surface area is 97.2 Å². The van der Waals surface area contributed by atoms with Gasteiger partial charge in [-0.25, -0.2) is 0 Å². The third-order valence-corrected chi connectivity index (χ3v) is 4.09. The quantitative estimate of drug-likeness (QED) is 0.737. The van der Waals surface area contributed by atoms with Crippen LogP contribution in [-0.2, 0) is 4.79 Å². The number of amides is 1. The van der Waals surface area contributed by atoms with E-state index < -0.39 is 0 Å². The standard InChI is InChI=1S/C12H22N2O2/c1-3-9-8-14(7-5-11(9)15)10-4-6-13(2)12(10)16/h9-11,15H,3-8H2,1-2H3. The number of likely N-dealkylation sites (N-methyl/N-ethyl adjacent to an activating group) is 1. The van der Waals surface area contributed by atoms with E-state index in [9.17, 15) is 9.90 Å². The molecule has 2 aliphatic heterocycles. The number of nitrogens with zero attached hydrogens (tertiary/aromatic N) is 2. The van der Waals surface area contributed by atoms with Crippen LogP contribution in [0.4, 0.5) is 0 Å². The summed E-state index contributed by atoms with van der Waals surface area (Å²) >= 11 is 0. The van der Waals surface area contributed by atoms with Gasteiger partial charge in [-0.15, -0.1) is 0 Å². The summed E-state index contributed by atoms with van der Waals surface area (Å²) in [5.41, 5.74) is 0. The highest BCUT2D eigenvalue weighted by Gasteiger charge is 2.37. The van der Waals surface area contributed by atoms with Crippen LogP contribution in [-0.4, -0.2) is 59.6 Å². The van der Waals surface area contributed by atoms with Crippen LogP contribution in [0.25, 0.3) is 0 Å². The molecule has 3 unspecified atom stereocenters. The Morgan fingerprint density at radius 1 is 1.38 bits per heavy atom. The first-order chi connectivity index (χ1) is 7.63. The molecule has 2 heterocycles. The number of aliphatic hydroxyl groups is 1. The summed E-state index contributed by atoms with van der Waals surface area (Å²) in [6.07, 6.45) is 2.58. The lowest BCUT2D eigenvalue weighted by molar-refractivity contribution is -0.132. The van der Waals surface area contributed by atoms with E-state index >= 15 is 0 Å². The van der Waals surface area contributed by atoms with Gasteiger partial charge in [0.2, 0.25) is 5.91 Å². The fourth-order valence-corrected chi connectivity index (χ4v) is 2.87. The zero-order valence-corrected chi connectivity index (χ0v) is 10.2. The molecule has 3 atom stereocenters. The molecule has 0 radical (unpaired) electrons. The first kappa shape index (κ1) is 11.9. The fourth-order valence-electron chi connectivity index (χ4n) is 2.87. The molecule has 0 spiro atoms. The summed E-state index contributed by atoms with van der Waals surface area (Å²) < 4.78 is 0. The molecule has 2 rings (SSSR count). The van der Waals surface area contributed by atoms with Crippen LogP contribution >= 0.6 is 0 Å². The van der Waals surface area contributed by atoms with Crippen molar-refractivity contribution in [3.05, 3.63) is 0 Å². The zero-order chi connectivity index (χ0) is 11.7. The Bertz CT molecular complexity index is 270. The highest BCUT2D eigenvalue weighted by molar-refractivity contribution is 5.83. The summed E-state index contributed by atoms with van der Waals surface area (Å²) in [7, 11) is 1.87. The van der Waals surface area contributed by atoms with Crippen LogP contribution in [0.2, 0.25) is 0 Å². The largest absolute Gasteiger partial charge is 0.393 e. The number of rotatable bonds is 2. The normalized spacial score (nSPS) is 37.1. The molecule has 2 fully saturated rings. The number of aliphatic hydroxyl groups excluding tert-OH is 1. The Morgan fingerprint density at radius 3 is 2.69 bits per heavy atom. The average molecular weight is 226 g/mol. The molecule has 1 amide bonds. The molecule has 2 saturated heterocycles. The minimum Gasteiger partial charge on any atom is -0.393 e. The molecule has 0 aromatic rings. The van der Waals surface area contributed by atoms with Gasteiger partial charge >= 0.3 is 0 Å². The number of carbonyl (C=O) groups is 1. The van der Waals surface area contributed by atoms with Gasteiger partial charge in [-0.3, -0.25) is 9.69 Å². The molecule has 0 saturated carbocycles. The van der Waals surface area contributed by atoms with Crippen molar-refractivity contribution in [2.24, 2.45) is 5.92 Å². The third-order valence-electron chi connectivity index (χ3n) is 4.09. The van der Waals surface area contributed by atoms with Crippen LogP contribution < -0.4 is 0 Å². The predicted molar refractivity (Wildman–Crippen MR) is 62.0 cm³/mol. The fraction of sp³-hybridized carbons (Fsp3) is 0.917. The Hall–Kier alpha value is -0.610. The maximum Gasteiger partial charge on any atom is 0.239 e. The smallest absolute Gasteiger partial charge is 0.239 e. The molecule has 92 valence electrons. The molecular formula is C12H22N2O2. The van der Waals surface area contributed by atoms with Crippen molar-refractivity contribution in [1.82, 2.24) is 9.80 Å². The van der Waals surface area contributed by atoms with Crippen molar-refractivity contribution >= 4 is 5.91 Å². The molecule has 16 heavy (non-hydrogen) atoms. The molecule has 0 bridgehead atoms. The molecule has 2 aliphatic rings. The van der Waals surface area contributed by atoms with E-state index in [2.05, 4.69) is 11.8 Å². The van der Waals surface area contributed by atoms with Crippen molar-refractivity contribution in [2.45, 2.75) is 38.3 Å². The van der Waals surface area contributed by atoms with E-state index in [1.807, 2.05) is 11.9 Å². The van der Waals surface area contributed by atoms with E-state index in [-0.39, 0.29) is 18.1 Å². The van der Waals surface area contributed by atoms with Gasteiger partial charge < -0.3 is 10.0 Å². The monoisotopic (exact) mass is 226 g/mol. The van der Waals surface area contributed by atoms with E-state index in [4.69, 9.17) is 0 Å². The maximum atomic E-state index is 11.9. The SMILES string of the molecule is CCC1CN(C2CCN(C)C2=O)CCC1O. The van der Waals surface area contributed by atoms with E-state index in [1.165, 1.54) is 0 Å². The predicted octanol–water partition coefficient (Wildman–Crippen LogP) is 0.310. The first-order valence-corrected chi connectivity index (χ1v) is 6.30. The second-order valence-electron chi connectivity index (χ2n) is 5.08. The number of hydrogen-bond acceptors (Lipinski definition) is 3. The van der Waals surface area contributed by atoms with E-state index in [0.29, 0.717) is 5.92 Å². The number of hydrogen-bond donors (Lipinski definition) is 1. The van der Waals surface area contributed by atoms with Gasteiger partial charge in [0.25, 0.3) is 0 Å². The summed E-state index contributed by atoms with van der Waals surface area (Å²) in [4.78, 5) is 16.0. The van der Waals surface area contributed by atoms with Crippen LogP contribution in [0.5, 0.6) is 0 Å². The van der Waals surface area contributed by atoms with Crippen LogP contribution in [0.15, 0.2) is 0 Å². The van der Waals surface area contributed by atoms with Gasteiger partial charge in [0.1, 0.15) is 0 Å². The number of carbonyl (C=O) groups excluding carboxylic acids is 1. The Morgan fingerprint density at radius 2 is 2.12 bits per heavy atom. The zero-order valence-electron chi connectivity index (χ0n) is 10.2. The molecule has 4 nitrogen and oxygen atoms in total. The average Bonchev–Trinajstić information content (AvgIpc) is 2.61. The summed E-state index contributed by atoms with van der Waals surface area (Å²) in [6.45, 7) is 4.73. The van der Waals surface area contributed by atoms with Crippen molar-refractivity contribution in [1.29, 1.82) is 0 Å². The number of likely N-dealkylation sites (tertiary alicyclic amines) is 2. The van der Waals surface area contributed by atoms with Crippen LogP contribution in [0.1, 0.15) is 26.2 Å². The van der Waals surface area contributed by atoms with Crippen LogP contribution in [0, 0.1) is 5.92 Å². The van der Waals surface area contributed by atoms with Crippen molar-refractivity contribution < 1.29 is 9.90 Å². The van der Waals surface area contributed by atoms with E-state index in [0.717, 1.165) is 38.9 Å². The van der Waals surface area contributed by atoms with Crippen molar-refractivity contribution in [2.75, 3.05) is 26.7 Å². The molecule has 0 aliphatic carbocycles. The van der Waals surface area contributed by atoms with Gasteiger partial charge in [0.05, 0.1) is 12.1 Å². The Kier molecular flexibility index (Phi) is 3.50. The lowest BCUT2D eigenvalue weighted by Gasteiger charge is -2.38. The lowest BCUT2D eigenvalue weighted by atomic mass is 9.91. The summed E-state index contributed by atoms with van der Waals surface area (Å²) in [5.74, 6) is 0.596. The van der Waals surface area contributed by atoms with Crippen LogP contribution in [0.3, 0.4) is 0 Å². The summed E-state index contributed by atoms with van der Waals surface area (Å²) in [5, 5.41) is 9.83. The lowest BCUT2D eigenvalue weighted by Crippen LogP contribution is -2.50. The van der Waals surface area contributed by atoms with Crippen molar-refractivity contribution in [3.8, 4) is 0 Å². The second-order valence-corrected chi connectivity index (χ2v) is 5.08. The topological polar surface area (TPSA) is 43.8 Å². The molecule has 4 heteroatoms. The highest BCUT2D eigenvalue weighted by Crippen LogP contribution is 2.25.